The maximum absolute atomic E-state index is 5.38. The summed E-state index contributed by atoms with van der Waals surface area (Å²) in [4.78, 5) is 4.27. The Morgan fingerprint density at radius 3 is 2.67 bits per heavy atom. The number of nitrogens with zero attached hydrogens (tertiary/aromatic N) is 1. The van der Waals surface area contributed by atoms with E-state index >= 15 is 0 Å². The van der Waals surface area contributed by atoms with Crippen LogP contribution in [0.1, 0.15) is 24.2 Å². The number of pyridine rings is 1. The van der Waals surface area contributed by atoms with Gasteiger partial charge in [0.2, 0.25) is 0 Å². The van der Waals surface area contributed by atoms with Crippen molar-refractivity contribution >= 4 is 5.69 Å². The molecule has 0 spiro atoms. The summed E-state index contributed by atoms with van der Waals surface area (Å²) >= 11 is 0. The van der Waals surface area contributed by atoms with Crippen molar-refractivity contribution < 1.29 is 4.74 Å². The second kappa shape index (κ2) is 5.54. The van der Waals surface area contributed by atoms with E-state index in [4.69, 9.17) is 4.74 Å². The lowest BCUT2D eigenvalue weighted by Gasteiger charge is -2.19. The zero-order valence-electron chi connectivity index (χ0n) is 11.0. The minimum Gasteiger partial charge on any atom is -0.496 e. The molecule has 0 saturated carbocycles. The Kier molecular flexibility index (Phi) is 3.82. The second-order valence-electron chi connectivity index (χ2n) is 4.24. The first-order chi connectivity index (χ1) is 8.72. The molecule has 3 heteroatoms. The van der Waals surface area contributed by atoms with Crippen molar-refractivity contribution in [2.75, 3.05) is 12.4 Å². The summed E-state index contributed by atoms with van der Waals surface area (Å²) in [7, 11) is 1.70. The summed E-state index contributed by atoms with van der Waals surface area (Å²) < 4.78 is 5.38. The molecule has 0 bridgehead atoms. The van der Waals surface area contributed by atoms with Crippen LogP contribution in [0.4, 0.5) is 5.69 Å². The standard InChI is InChI=1S/C15H18N2O/c1-11(13-7-4-5-9-15(13)18-3)17-14-8-6-10-16-12(14)2/h4-11,17H,1-3H3. The first-order valence-corrected chi connectivity index (χ1v) is 6.03. The van der Waals surface area contributed by atoms with Crippen molar-refractivity contribution in [3.8, 4) is 5.75 Å². The lowest BCUT2D eigenvalue weighted by atomic mass is 10.1. The molecule has 2 aromatic rings. The van der Waals surface area contributed by atoms with Crippen LogP contribution in [-0.2, 0) is 0 Å². The highest BCUT2D eigenvalue weighted by atomic mass is 16.5. The minimum absolute atomic E-state index is 0.170. The number of para-hydroxylation sites is 1. The fourth-order valence-electron chi connectivity index (χ4n) is 1.97. The van der Waals surface area contributed by atoms with Crippen LogP contribution in [0.3, 0.4) is 0 Å². The molecule has 1 aromatic heterocycles. The topological polar surface area (TPSA) is 34.1 Å². The van der Waals surface area contributed by atoms with E-state index in [-0.39, 0.29) is 6.04 Å². The number of ether oxygens (including phenoxy) is 1. The van der Waals surface area contributed by atoms with Crippen molar-refractivity contribution in [2.45, 2.75) is 19.9 Å². The maximum atomic E-state index is 5.38. The number of nitrogens with one attached hydrogen (secondary N) is 1. The summed E-state index contributed by atoms with van der Waals surface area (Å²) in [6, 6.07) is 12.2. The molecule has 0 aliphatic rings. The summed E-state index contributed by atoms with van der Waals surface area (Å²) in [5.74, 6) is 0.902. The molecule has 2 rings (SSSR count). The van der Waals surface area contributed by atoms with Gasteiger partial charge in [-0.2, -0.15) is 0 Å². The van der Waals surface area contributed by atoms with Gasteiger partial charge in [0.25, 0.3) is 0 Å². The minimum atomic E-state index is 0.170. The van der Waals surface area contributed by atoms with Gasteiger partial charge < -0.3 is 10.1 Å². The molecule has 1 unspecified atom stereocenters. The van der Waals surface area contributed by atoms with Crippen molar-refractivity contribution in [1.82, 2.24) is 4.98 Å². The van der Waals surface area contributed by atoms with Crippen molar-refractivity contribution in [3.63, 3.8) is 0 Å². The third-order valence-corrected chi connectivity index (χ3v) is 2.98. The molecule has 18 heavy (non-hydrogen) atoms. The van der Waals surface area contributed by atoms with Gasteiger partial charge in [0.15, 0.2) is 0 Å². The third-order valence-electron chi connectivity index (χ3n) is 2.98. The van der Waals surface area contributed by atoms with Crippen LogP contribution in [-0.4, -0.2) is 12.1 Å². The molecule has 0 fully saturated rings. The Balaban J connectivity index is 2.22. The SMILES string of the molecule is COc1ccccc1C(C)Nc1cccnc1C. The summed E-state index contributed by atoms with van der Waals surface area (Å²) in [5.41, 5.74) is 3.19. The fraction of sp³-hybridized carbons (Fsp3) is 0.267. The lowest BCUT2D eigenvalue weighted by Crippen LogP contribution is -2.09. The van der Waals surface area contributed by atoms with Gasteiger partial charge in [0.1, 0.15) is 5.75 Å². The highest BCUT2D eigenvalue weighted by Gasteiger charge is 2.11. The first kappa shape index (κ1) is 12.4. The molecule has 1 atom stereocenters. The predicted octanol–water partition coefficient (Wildman–Crippen LogP) is 3.57. The zero-order valence-corrected chi connectivity index (χ0v) is 11.0. The summed E-state index contributed by atoms with van der Waals surface area (Å²) in [6.07, 6.45) is 1.80. The van der Waals surface area contributed by atoms with Gasteiger partial charge in [-0.15, -0.1) is 0 Å². The van der Waals surface area contributed by atoms with Crippen molar-refractivity contribution in [2.24, 2.45) is 0 Å². The first-order valence-electron chi connectivity index (χ1n) is 6.03. The van der Waals surface area contributed by atoms with Gasteiger partial charge in [0, 0.05) is 11.8 Å². The summed E-state index contributed by atoms with van der Waals surface area (Å²) in [6.45, 7) is 4.11. The number of aryl methyl sites for hydroxylation is 1. The van der Waals surface area contributed by atoms with E-state index in [1.54, 1.807) is 13.3 Å². The van der Waals surface area contributed by atoms with Gasteiger partial charge in [0.05, 0.1) is 24.5 Å². The van der Waals surface area contributed by atoms with E-state index in [1.165, 1.54) is 0 Å². The predicted molar refractivity (Wildman–Crippen MR) is 74.0 cm³/mol. The Hall–Kier alpha value is -2.03. The zero-order chi connectivity index (χ0) is 13.0. The van der Waals surface area contributed by atoms with Crippen LogP contribution < -0.4 is 10.1 Å². The number of anilines is 1. The number of aromatic nitrogens is 1. The molecule has 1 heterocycles. The molecule has 1 aromatic carbocycles. The van der Waals surface area contributed by atoms with Gasteiger partial charge in [-0.25, -0.2) is 0 Å². The Bertz CT molecular complexity index is 525. The highest BCUT2D eigenvalue weighted by molar-refractivity contribution is 5.50. The maximum Gasteiger partial charge on any atom is 0.124 e. The number of hydrogen-bond acceptors (Lipinski definition) is 3. The number of benzene rings is 1. The fourth-order valence-corrected chi connectivity index (χ4v) is 1.97. The van der Waals surface area contributed by atoms with Crippen LogP contribution >= 0.6 is 0 Å². The van der Waals surface area contributed by atoms with Crippen LogP contribution in [0.25, 0.3) is 0 Å². The molecule has 1 N–H and O–H groups in total. The van der Waals surface area contributed by atoms with Crippen LogP contribution in [0.2, 0.25) is 0 Å². The number of rotatable bonds is 4. The van der Waals surface area contributed by atoms with E-state index in [9.17, 15) is 0 Å². The molecule has 0 aliphatic heterocycles. The molecular weight excluding hydrogens is 224 g/mol. The van der Waals surface area contributed by atoms with E-state index in [2.05, 4.69) is 23.3 Å². The smallest absolute Gasteiger partial charge is 0.124 e. The lowest BCUT2D eigenvalue weighted by molar-refractivity contribution is 0.408. The largest absolute Gasteiger partial charge is 0.496 e. The van der Waals surface area contributed by atoms with Crippen LogP contribution in [0, 0.1) is 6.92 Å². The van der Waals surface area contributed by atoms with Gasteiger partial charge in [-0.1, -0.05) is 18.2 Å². The number of methoxy groups -OCH3 is 1. The van der Waals surface area contributed by atoms with Crippen molar-refractivity contribution in [1.29, 1.82) is 0 Å². The molecular formula is C15H18N2O. The molecule has 94 valence electrons. The van der Waals surface area contributed by atoms with E-state index in [1.807, 2.05) is 37.3 Å². The quantitative estimate of drug-likeness (QED) is 0.890. The van der Waals surface area contributed by atoms with Gasteiger partial charge >= 0.3 is 0 Å². The second-order valence-corrected chi connectivity index (χ2v) is 4.24. The third kappa shape index (κ3) is 2.62. The average Bonchev–Trinajstić information content (AvgIpc) is 2.41. The van der Waals surface area contributed by atoms with Gasteiger partial charge in [-0.05, 0) is 32.0 Å². The van der Waals surface area contributed by atoms with Gasteiger partial charge in [-0.3, -0.25) is 4.98 Å². The number of hydrogen-bond donors (Lipinski definition) is 1. The monoisotopic (exact) mass is 242 g/mol. The normalized spacial score (nSPS) is 11.9. The highest BCUT2D eigenvalue weighted by Crippen LogP contribution is 2.27. The van der Waals surface area contributed by atoms with E-state index in [0.29, 0.717) is 0 Å². The molecule has 0 radical (unpaired) electrons. The van der Waals surface area contributed by atoms with Crippen LogP contribution in [0.15, 0.2) is 42.6 Å². The molecule has 0 amide bonds. The van der Waals surface area contributed by atoms with Crippen molar-refractivity contribution in [3.05, 3.63) is 53.9 Å². The average molecular weight is 242 g/mol. The summed E-state index contributed by atoms with van der Waals surface area (Å²) in [5, 5.41) is 3.46. The Morgan fingerprint density at radius 2 is 1.94 bits per heavy atom. The van der Waals surface area contributed by atoms with Crippen LogP contribution in [0.5, 0.6) is 5.75 Å². The molecule has 0 saturated heterocycles. The Labute approximate surface area is 108 Å². The Morgan fingerprint density at radius 1 is 1.17 bits per heavy atom. The van der Waals surface area contributed by atoms with E-state index in [0.717, 1.165) is 22.7 Å². The van der Waals surface area contributed by atoms with E-state index < -0.39 is 0 Å². The molecule has 0 aliphatic carbocycles. The molecule has 3 nitrogen and oxygen atoms in total.